The van der Waals surface area contributed by atoms with Crippen LogP contribution < -0.4 is 0 Å². The van der Waals surface area contributed by atoms with Crippen molar-refractivity contribution in [2.75, 3.05) is 11.5 Å². The number of carbonyl (C=O) groups is 1. The quantitative estimate of drug-likeness (QED) is 0.594. The van der Waals surface area contributed by atoms with Gasteiger partial charge in [-0.25, -0.2) is 8.42 Å². The van der Waals surface area contributed by atoms with E-state index in [0.717, 1.165) is 5.56 Å². The van der Waals surface area contributed by atoms with E-state index < -0.39 is 9.84 Å². The van der Waals surface area contributed by atoms with Crippen molar-refractivity contribution in [3.8, 4) is 0 Å². The predicted molar refractivity (Wildman–Crippen MR) is 103 cm³/mol. The maximum atomic E-state index is 12.6. The molecule has 7 heteroatoms. The molecular weight excluding hydrogens is 362 g/mol. The topological polar surface area (TPSA) is 54.5 Å². The van der Waals surface area contributed by atoms with Gasteiger partial charge in [0.25, 0.3) is 5.91 Å². The molecule has 1 aromatic rings. The van der Waals surface area contributed by atoms with Gasteiger partial charge in [0.05, 0.1) is 22.5 Å². The number of thioether (sulfide) groups is 1. The van der Waals surface area contributed by atoms with Crippen LogP contribution in [0.5, 0.6) is 0 Å². The SMILES string of the molecule is CC(C)c1ccc(/C=C2\SC(=S)N(C3CCS(=O)(=O)C3)C2=O)cc1. The lowest BCUT2D eigenvalue weighted by Gasteiger charge is -2.20. The van der Waals surface area contributed by atoms with Crippen molar-refractivity contribution in [1.29, 1.82) is 0 Å². The molecule has 0 radical (unpaired) electrons. The monoisotopic (exact) mass is 381 g/mol. The van der Waals surface area contributed by atoms with Gasteiger partial charge in [0.2, 0.25) is 0 Å². The Balaban J connectivity index is 1.81. The molecule has 4 nitrogen and oxygen atoms in total. The van der Waals surface area contributed by atoms with Gasteiger partial charge in [-0.3, -0.25) is 9.69 Å². The summed E-state index contributed by atoms with van der Waals surface area (Å²) in [4.78, 5) is 14.7. The summed E-state index contributed by atoms with van der Waals surface area (Å²) >= 11 is 6.56. The van der Waals surface area contributed by atoms with Gasteiger partial charge in [-0.05, 0) is 29.5 Å². The minimum absolute atomic E-state index is 0.00973. The standard InChI is InChI=1S/C17H19NO3S3/c1-11(2)13-5-3-12(4-6-13)9-15-16(19)18(17(22)23-15)14-7-8-24(20,21)10-14/h3-6,9,11,14H,7-8,10H2,1-2H3/b15-9-. The molecule has 0 N–H and O–H groups in total. The first-order valence-electron chi connectivity index (χ1n) is 7.84. The van der Waals surface area contributed by atoms with Gasteiger partial charge in [0.15, 0.2) is 9.84 Å². The molecule has 1 aromatic carbocycles. The van der Waals surface area contributed by atoms with Gasteiger partial charge in [-0.15, -0.1) is 0 Å². The number of nitrogens with zero attached hydrogens (tertiary/aromatic N) is 1. The number of hydrogen-bond donors (Lipinski definition) is 0. The number of benzene rings is 1. The second kappa shape index (κ2) is 6.61. The molecular formula is C17H19NO3S3. The Morgan fingerprint density at radius 3 is 2.50 bits per heavy atom. The van der Waals surface area contributed by atoms with E-state index in [2.05, 4.69) is 26.0 Å². The van der Waals surface area contributed by atoms with E-state index in [-0.39, 0.29) is 23.5 Å². The highest BCUT2D eigenvalue weighted by Crippen LogP contribution is 2.36. The van der Waals surface area contributed by atoms with Crippen LogP contribution in [0.25, 0.3) is 6.08 Å². The number of thiocarbonyl (C=S) groups is 1. The van der Waals surface area contributed by atoms with Crippen molar-refractivity contribution >= 4 is 50.1 Å². The van der Waals surface area contributed by atoms with Crippen molar-refractivity contribution in [3.63, 3.8) is 0 Å². The van der Waals surface area contributed by atoms with Crippen LogP contribution in [0, 0.1) is 0 Å². The highest BCUT2D eigenvalue weighted by atomic mass is 32.2. The predicted octanol–water partition coefficient (Wildman–Crippen LogP) is 3.20. The maximum absolute atomic E-state index is 12.6. The van der Waals surface area contributed by atoms with Crippen LogP contribution >= 0.6 is 24.0 Å². The normalized spacial score (nSPS) is 25.2. The van der Waals surface area contributed by atoms with Gasteiger partial charge < -0.3 is 0 Å². The average Bonchev–Trinajstić information content (AvgIpc) is 2.99. The Hall–Kier alpha value is -1.18. The molecule has 0 bridgehead atoms. The van der Waals surface area contributed by atoms with Crippen molar-refractivity contribution in [1.82, 2.24) is 4.90 Å². The highest BCUT2D eigenvalue weighted by Gasteiger charge is 2.42. The molecule has 2 aliphatic heterocycles. The zero-order chi connectivity index (χ0) is 17.5. The largest absolute Gasteiger partial charge is 0.289 e. The average molecular weight is 382 g/mol. The fourth-order valence-electron chi connectivity index (χ4n) is 2.90. The van der Waals surface area contributed by atoms with E-state index in [1.807, 2.05) is 18.2 Å². The molecule has 1 unspecified atom stereocenters. The zero-order valence-corrected chi connectivity index (χ0v) is 16.0. The molecule has 0 aromatic heterocycles. The van der Waals surface area contributed by atoms with E-state index in [1.165, 1.54) is 22.2 Å². The lowest BCUT2D eigenvalue weighted by Crippen LogP contribution is -2.39. The minimum atomic E-state index is -3.05. The molecule has 0 spiro atoms. The third-order valence-electron chi connectivity index (χ3n) is 4.30. The van der Waals surface area contributed by atoms with Gasteiger partial charge in [0, 0.05) is 0 Å². The summed E-state index contributed by atoms with van der Waals surface area (Å²) in [5.41, 5.74) is 2.19. The van der Waals surface area contributed by atoms with E-state index in [4.69, 9.17) is 12.2 Å². The molecule has 2 aliphatic rings. The first-order chi connectivity index (χ1) is 11.3. The second-order valence-electron chi connectivity index (χ2n) is 6.43. The van der Waals surface area contributed by atoms with Crippen LogP contribution in [0.15, 0.2) is 29.2 Å². The third-order valence-corrected chi connectivity index (χ3v) is 7.38. The Labute approximate surface area is 152 Å². The number of sulfone groups is 1. The lowest BCUT2D eigenvalue weighted by atomic mass is 10.0. The fraction of sp³-hybridized carbons (Fsp3) is 0.412. The molecule has 0 saturated carbocycles. The summed E-state index contributed by atoms with van der Waals surface area (Å²) in [6.45, 7) is 4.27. The Bertz CT molecular complexity index is 810. The molecule has 3 rings (SSSR count). The number of hydrogen-bond acceptors (Lipinski definition) is 5. The summed E-state index contributed by atoms with van der Waals surface area (Å²) < 4.78 is 23.8. The van der Waals surface area contributed by atoms with Gasteiger partial charge in [-0.2, -0.15) is 0 Å². The molecule has 128 valence electrons. The van der Waals surface area contributed by atoms with Crippen molar-refractivity contribution in [3.05, 3.63) is 40.3 Å². The molecule has 1 atom stereocenters. The highest BCUT2D eigenvalue weighted by molar-refractivity contribution is 8.26. The van der Waals surface area contributed by atoms with Crippen molar-refractivity contribution < 1.29 is 13.2 Å². The lowest BCUT2D eigenvalue weighted by molar-refractivity contribution is -0.123. The first-order valence-corrected chi connectivity index (χ1v) is 10.9. The first kappa shape index (κ1) is 17.6. The summed E-state index contributed by atoms with van der Waals surface area (Å²) in [5.74, 6) is 0.418. The van der Waals surface area contributed by atoms with Crippen LogP contribution in [0.4, 0.5) is 0 Å². The third kappa shape index (κ3) is 3.58. The number of rotatable bonds is 3. The molecule has 2 heterocycles. The van der Waals surface area contributed by atoms with Gasteiger partial charge in [-0.1, -0.05) is 62.1 Å². The molecule has 2 saturated heterocycles. The van der Waals surface area contributed by atoms with E-state index in [0.29, 0.717) is 21.6 Å². The molecule has 1 amide bonds. The van der Waals surface area contributed by atoms with E-state index in [1.54, 1.807) is 0 Å². The molecule has 2 fully saturated rings. The number of amides is 1. The zero-order valence-electron chi connectivity index (χ0n) is 13.6. The van der Waals surface area contributed by atoms with Gasteiger partial charge in [0.1, 0.15) is 4.32 Å². The molecule has 24 heavy (non-hydrogen) atoms. The summed E-state index contributed by atoms with van der Waals surface area (Å²) in [5, 5.41) is 0. The van der Waals surface area contributed by atoms with Crippen molar-refractivity contribution in [2.24, 2.45) is 0 Å². The molecule has 0 aliphatic carbocycles. The van der Waals surface area contributed by atoms with Crippen molar-refractivity contribution in [2.45, 2.75) is 32.2 Å². The fourth-order valence-corrected chi connectivity index (χ4v) is 6.00. The summed E-state index contributed by atoms with van der Waals surface area (Å²) in [7, 11) is -3.05. The smallest absolute Gasteiger partial charge is 0.266 e. The Morgan fingerprint density at radius 1 is 1.29 bits per heavy atom. The van der Waals surface area contributed by atoms with Crippen LogP contribution in [0.1, 0.15) is 37.3 Å². The number of carbonyl (C=O) groups excluding carboxylic acids is 1. The Morgan fingerprint density at radius 2 is 1.96 bits per heavy atom. The summed E-state index contributed by atoms with van der Waals surface area (Å²) in [6, 6.07) is 7.77. The van der Waals surface area contributed by atoms with Crippen LogP contribution in [0.3, 0.4) is 0 Å². The second-order valence-corrected chi connectivity index (χ2v) is 10.3. The maximum Gasteiger partial charge on any atom is 0.266 e. The van der Waals surface area contributed by atoms with Crippen LogP contribution in [-0.2, 0) is 14.6 Å². The summed E-state index contributed by atoms with van der Waals surface area (Å²) in [6.07, 6.45) is 2.29. The van der Waals surface area contributed by atoms with Gasteiger partial charge >= 0.3 is 0 Å². The van der Waals surface area contributed by atoms with Crippen LogP contribution in [0.2, 0.25) is 0 Å². The Kier molecular flexibility index (Phi) is 4.86. The van der Waals surface area contributed by atoms with E-state index >= 15 is 0 Å². The van der Waals surface area contributed by atoms with Crippen LogP contribution in [-0.4, -0.2) is 41.1 Å². The minimum Gasteiger partial charge on any atom is -0.289 e. The van der Waals surface area contributed by atoms with E-state index in [9.17, 15) is 13.2 Å².